The van der Waals surface area contributed by atoms with Gasteiger partial charge in [0.25, 0.3) is 5.91 Å². The molecule has 0 aliphatic carbocycles. The number of benzene rings is 1. The SMILES string of the molecule is C=CC(=O)N1CC(NC(=O)c2c(Cl)nc(CNc3n[nH]c4cc(Cl)c(C(C)(C)C)cc34)n2C2CCN(C)CC2)C1. The van der Waals surface area contributed by atoms with E-state index in [1.165, 1.54) is 6.08 Å². The van der Waals surface area contributed by atoms with Crippen LogP contribution in [0.4, 0.5) is 5.82 Å². The van der Waals surface area contributed by atoms with E-state index in [1.807, 2.05) is 10.6 Å². The number of imidazole rings is 1. The second-order valence-electron chi connectivity index (χ2n) is 11.7. The highest BCUT2D eigenvalue weighted by molar-refractivity contribution is 6.32. The van der Waals surface area contributed by atoms with Crippen LogP contribution in [0.25, 0.3) is 10.9 Å². The van der Waals surface area contributed by atoms with Gasteiger partial charge in [0.15, 0.2) is 11.0 Å². The van der Waals surface area contributed by atoms with Crippen molar-refractivity contribution in [1.82, 2.24) is 34.9 Å². The highest BCUT2D eigenvalue weighted by atomic mass is 35.5. The standard InChI is InChI=1S/C28H36Cl2N8O2/c1-6-23(39)37-14-16(15-37)32-27(40)24-25(30)33-22(38(24)17-7-9-36(5)10-8-17)13-31-26-18-11-19(28(2,3)4)20(29)12-21(18)34-35-26/h6,11-12,16-17H,1,7-10,13-15H2,2-5H3,(H,32,40)(H2,31,34,35). The molecule has 10 nitrogen and oxygen atoms in total. The largest absolute Gasteiger partial charge is 0.361 e. The summed E-state index contributed by atoms with van der Waals surface area (Å²) in [4.78, 5) is 33.8. The van der Waals surface area contributed by atoms with Crippen molar-refractivity contribution in [1.29, 1.82) is 0 Å². The molecule has 40 heavy (non-hydrogen) atoms. The van der Waals surface area contributed by atoms with Crippen molar-refractivity contribution < 1.29 is 9.59 Å². The summed E-state index contributed by atoms with van der Waals surface area (Å²) in [5.41, 5.74) is 2.10. The molecule has 0 radical (unpaired) electrons. The van der Waals surface area contributed by atoms with E-state index in [4.69, 9.17) is 23.2 Å². The number of carbonyl (C=O) groups excluding carboxylic acids is 2. The Bertz CT molecular complexity index is 1440. The Morgan fingerprint density at radius 1 is 1.20 bits per heavy atom. The van der Waals surface area contributed by atoms with Gasteiger partial charge < -0.3 is 25.0 Å². The molecule has 2 saturated heterocycles. The number of H-pyrrole nitrogens is 1. The molecular formula is C28H36Cl2N8O2. The first-order chi connectivity index (χ1) is 19.0. The van der Waals surface area contributed by atoms with Crippen molar-refractivity contribution in [3.05, 3.63) is 52.0 Å². The predicted molar refractivity (Wildman–Crippen MR) is 158 cm³/mol. The van der Waals surface area contributed by atoms with Crippen LogP contribution in [0.1, 0.15) is 61.5 Å². The number of fused-ring (bicyclic) bond motifs is 1. The van der Waals surface area contributed by atoms with E-state index in [1.54, 1.807) is 4.90 Å². The number of amides is 2. The second kappa shape index (κ2) is 11.1. The van der Waals surface area contributed by atoms with E-state index in [9.17, 15) is 9.59 Å². The van der Waals surface area contributed by atoms with Gasteiger partial charge in [0.1, 0.15) is 11.5 Å². The molecule has 5 rings (SSSR count). The summed E-state index contributed by atoms with van der Waals surface area (Å²) in [6, 6.07) is 3.90. The maximum Gasteiger partial charge on any atom is 0.271 e. The molecule has 1 aromatic carbocycles. The molecule has 0 bridgehead atoms. The lowest BCUT2D eigenvalue weighted by molar-refractivity contribution is -0.130. The predicted octanol–water partition coefficient (Wildman–Crippen LogP) is 4.37. The van der Waals surface area contributed by atoms with Crippen LogP contribution in [-0.4, -0.2) is 80.6 Å². The number of piperidine rings is 1. The molecular weight excluding hydrogens is 551 g/mol. The van der Waals surface area contributed by atoms with E-state index < -0.39 is 0 Å². The molecule has 2 aliphatic rings. The van der Waals surface area contributed by atoms with Gasteiger partial charge in [-0.3, -0.25) is 14.7 Å². The van der Waals surface area contributed by atoms with Gasteiger partial charge in [-0.1, -0.05) is 50.6 Å². The molecule has 0 spiro atoms. The fraction of sp³-hybridized carbons (Fsp3) is 0.500. The number of hydrogen-bond donors (Lipinski definition) is 3. The first kappa shape index (κ1) is 28.4. The highest BCUT2D eigenvalue weighted by Crippen LogP contribution is 2.35. The van der Waals surface area contributed by atoms with Crippen molar-refractivity contribution in [2.24, 2.45) is 0 Å². The first-order valence-corrected chi connectivity index (χ1v) is 14.3. The first-order valence-electron chi connectivity index (χ1n) is 13.6. The van der Waals surface area contributed by atoms with Gasteiger partial charge in [0.2, 0.25) is 5.91 Å². The number of likely N-dealkylation sites (tertiary alicyclic amines) is 2. The minimum atomic E-state index is -0.284. The van der Waals surface area contributed by atoms with Crippen molar-refractivity contribution in [2.75, 3.05) is 38.5 Å². The zero-order valence-corrected chi connectivity index (χ0v) is 24.9. The van der Waals surface area contributed by atoms with Crippen molar-refractivity contribution in [3.63, 3.8) is 0 Å². The fourth-order valence-corrected chi connectivity index (χ4v) is 6.19. The molecule has 214 valence electrons. The van der Waals surface area contributed by atoms with E-state index in [0.29, 0.717) is 42.0 Å². The van der Waals surface area contributed by atoms with E-state index in [2.05, 4.69) is 71.2 Å². The number of halogens is 2. The molecule has 3 aromatic rings. The maximum absolute atomic E-state index is 13.5. The third-order valence-corrected chi connectivity index (χ3v) is 8.36. The highest BCUT2D eigenvalue weighted by Gasteiger charge is 2.34. The summed E-state index contributed by atoms with van der Waals surface area (Å²) in [7, 11) is 2.10. The second-order valence-corrected chi connectivity index (χ2v) is 12.5. The van der Waals surface area contributed by atoms with Crippen LogP contribution in [0.15, 0.2) is 24.8 Å². The maximum atomic E-state index is 13.5. The van der Waals surface area contributed by atoms with Gasteiger partial charge in [-0.2, -0.15) is 5.10 Å². The summed E-state index contributed by atoms with van der Waals surface area (Å²) in [6.07, 6.45) is 3.03. The topological polar surface area (TPSA) is 111 Å². The van der Waals surface area contributed by atoms with Crippen LogP contribution < -0.4 is 10.6 Å². The summed E-state index contributed by atoms with van der Waals surface area (Å²) in [5, 5.41) is 15.8. The lowest BCUT2D eigenvalue weighted by Gasteiger charge is -2.39. The van der Waals surface area contributed by atoms with Gasteiger partial charge in [-0.15, -0.1) is 0 Å². The molecule has 12 heteroatoms. The molecule has 2 aliphatic heterocycles. The third-order valence-electron chi connectivity index (χ3n) is 7.79. The quantitative estimate of drug-likeness (QED) is 0.354. The van der Waals surface area contributed by atoms with Gasteiger partial charge in [0.05, 0.1) is 18.1 Å². The van der Waals surface area contributed by atoms with Gasteiger partial charge in [-0.05, 0) is 62.2 Å². The lowest BCUT2D eigenvalue weighted by Crippen LogP contribution is -2.60. The zero-order valence-electron chi connectivity index (χ0n) is 23.4. The van der Waals surface area contributed by atoms with Crippen molar-refractivity contribution >= 4 is 51.7 Å². The molecule has 0 saturated carbocycles. The number of nitrogens with one attached hydrogen (secondary N) is 3. The number of aromatic amines is 1. The molecule has 2 aromatic heterocycles. The lowest BCUT2D eigenvalue weighted by atomic mass is 9.86. The van der Waals surface area contributed by atoms with Crippen LogP contribution in [0.3, 0.4) is 0 Å². The average Bonchev–Trinajstić information content (AvgIpc) is 3.42. The number of nitrogens with zero attached hydrogens (tertiary/aromatic N) is 5. The number of hydrogen-bond acceptors (Lipinski definition) is 6. The number of aromatic nitrogens is 4. The van der Waals surface area contributed by atoms with Gasteiger partial charge >= 0.3 is 0 Å². The molecule has 0 unspecified atom stereocenters. The minimum absolute atomic E-state index is 0.0798. The van der Waals surface area contributed by atoms with E-state index >= 15 is 0 Å². The molecule has 3 N–H and O–H groups in total. The molecule has 2 amide bonds. The van der Waals surface area contributed by atoms with Gasteiger partial charge in [0, 0.05) is 29.5 Å². The third kappa shape index (κ3) is 5.57. The molecule has 4 heterocycles. The summed E-state index contributed by atoms with van der Waals surface area (Å²) in [5.74, 6) is 0.922. The Kier molecular flexibility index (Phi) is 7.87. The minimum Gasteiger partial charge on any atom is -0.361 e. The molecule has 0 atom stereocenters. The summed E-state index contributed by atoms with van der Waals surface area (Å²) >= 11 is 13.2. The number of anilines is 1. The smallest absolute Gasteiger partial charge is 0.271 e. The van der Waals surface area contributed by atoms with Crippen LogP contribution >= 0.6 is 23.2 Å². The Hall–Kier alpha value is -3.08. The van der Waals surface area contributed by atoms with E-state index in [-0.39, 0.29) is 34.5 Å². The van der Waals surface area contributed by atoms with Crippen molar-refractivity contribution in [3.8, 4) is 0 Å². The Morgan fingerprint density at radius 2 is 1.90 bits per heavy atom. The number of carbonyl (C=O) groups is 2. The fourth-order valence-electron chi connectivity index (χ4n) is 5.47. The monoisotopic (exact) mass is 586 g/mol. The Morgan fingerprint density at radius 3 is 2.55 bits per heavy atom. The summed E-state index contributed by atoms with van der Waals surface area (Å²) in [6.45, 7) is 12.9. The Labute approximate surface area is 244 Å². The van der Waals surface area contributed by atoms with Gasteiger partial charge in [-0.25, -0.2) is 4.98 Å². The Balaban J connectivity index is 1.41. The van der Waals surface area contributed by atoms with Crippen LogP contribution in [0.2, 0.25) is 10.2 Å². The molecule has 2 fully saturated rings. The van der Waals surface area contributed by atoms with Crippen LogP contribution in [0.5, 0.6) is 0 Å². The van der Waals surface area contributed by atoms with Crippen LogP contribution in [0, 0.1) is 0 Å². The van der Waals surface area contributed by atoms with E-state index in [0.717, 1.165) is 42.4 Å². The average molecular weight is 588 g/mol. The van der Waals surface area contributed by atoms with Crippen molar-refractivity contribution in [2.45, 2.75) is 57.7 Å². The number of rotatable bonds is 7. The zero-order chi connectivity index (χ0) is 28.8. The normalized spacial score (nSPS) is 17.2. The van der Waals surface area contributed by atoms with Crippen LogP contribution in [-0.2, 0) is 16.8 Å². The summed E-state index contributed by atoms with van der Waals surface area (Å²) < 4.78 is 2.00.